The van der Waals surface area contributed by atoms with Crippen molar-refractivity contribution in [2.75, 3.05) is 7.11 Å². The third kappa shape index (κ3) is 2.33. The van der Waals surface area contributed by atoms with E-state index >= 15 is 0 Å². The van der Waals surface area contributed by atoms with Gasteiger partial charge in [-0.05, 0) is 19.1 Å². The molecule has 0 radical (unpaired) electrons. The Kier molecular flexibility index (Phi) is 3.18. The van der Waals surface area contributed by atoms with Crippen molar-refractivity contribution in [1.82, 2.24) is 14.8 Å². The molecule has 0 aliphatic rings. The third-order valence-electron chi connectivity index (χ3n) is 2.50. The second-order valence-electron chi connectivity index (χ2n) is 3.62. The normalized spacial score (nSPS) is 12.1. The van der Waals surface area contributed by atoms with E-state index in [0.29, 0.717) is 0 Å². The molecule has 0 N–H and O–H groups in total. The summed E-state index contributed by atoms with van der Waals surface area (Å²) in [6.45, 7) is 1.74. The van der Waals surface area contributed by atoms with Crippen LogP contribution in [0.15, 0.2) is 36.8 Å². The Morgan fingerprint density at radius 3 is 2.94 bits per heavy atom. The first kappa shape index (κ1) is 11.3. The molecule has 0 aromatic carbocycles. The molecule has 0 aliphatic carbocycles. The van der Waals surface area contributed by atoms with Gasteiger partial charge in [0.2, 0.25) is 0 Å². The van der Waals surface area contributed by atoms with E-state index in [1.165, 1.54) is 7.11 Å². The number of rotatable bonds is 3. The summed E-state index contributed by atoms with van der Waals surface area (Å²) in [7, 11) is 1.36. The SMILES string of the molecule is COC(=O)[C@H](C)n1cc(-c2ccccn2)cn1. The molecule has 0 amide bonds. The number of hydrogen-bond donors (Lipinski definition) is 0. The lowest BCUT2D eigenvalue weighted by Gasteiger charge is -2.08. The molecule has 17 heavy (non-hydrogen) atoms. The summed E-state index contributed by atoms with van der Waals surface area (Å²) in [5.74, 6) is -0.319. The maximum absolute atomic E-state index is 11.4. The van der Waals surface area contributed by atoms with E-state index in [1.54, 1.807) is 30.2 Å². The second kappa shape index (κ2) is 4.78. The summed E-state index contributed by atoms with van der Waals surface area (Å²) in [5, 5.41) is 4.14. The van der Waals surface area contributed by atoms with Crippen LogP contribution in [-0.2, 0) is 9.53 Å². The Labute approximate surface area is 99.1 Å². The fourth-order valence-corrected chi connectivity index (χ4v) is 1.49. The number of aromatic nitrogens is 3. The number of carbonyl (C=O) groups is 1. The van der Waals surface area contributed by atoms with Crippen molar-refractivity contribution in [3.63, 3.8) is 0 Å². The van der Waals surface area contributed by atoms with Gasteiger partial charge in [-0.2, -0.15) is 5.10 Å². The van der Waals surface area contributed by atoms with Crippen LogP contribution in [0.1, 0.15) is 13.0 Å². The molecule has 2 rings (SSSR count). The fourth-order valence-electron chi connectivity index (χ4n) is 1.49. The first-order valence-corrected chi connectivity index (χ1v) is 5.25. The lowest BCUT2D eigenvalue weighted by molar-refractivity contribution is -0.144. The summed E-state index contributed by atoms with van der Waals surface area (Å²) in [5.41, 5.74) is 1.71. The highest BCUT2D eigenvalue weighted by atomic mass is 16.5. The molecule has 2 heterocycles. The number of methoxy groups -OCH3 is 1. The summed E-state index contributed by atoms with van der Waals surface area (Å²) in [6.07, 6.45) is 5.18. The van der Waals surface area contributed by atoms with Crippen molar-refractivity contribution in [3.05, 3.63) is 36.8 Å². The maximum atomic E-state index is 11.4. The Bertz CT molecular complexity index is 507. The molecule has 5 nitrogen and oxygen atoms in total. The van der Waals surface area contributed by atoms with E-state index in [9.17, 15) is 4.79 Å². The predicted octanol–water partition coefficient (Wildman–Crippen LogP) is 1.68. The van der Waals surface area contributed by atoms with Crippen LogP contribution in [0.3, 0.4) is 0 Å². The highest BCUT2D eigenvalue weighted by molar-refractivity contribution is 5.73. The number of esters is 1. The van der Waals surface area contributed by atoms with Crippen molar-refractivity contribution in [3.8, 4) is 11.3 Å². The molecule has 1 atom stereocenters. The summed E-state index contributed by atoms with van der Waals surface area (Å²) in [4.78, 5) is 15.6. The topological polar surface area (TPSA) is 57.0 Å². The third-order valence-corrected chi connectivity index (χ3v) is 2.50. The van der Waals surface area contributed by atoms with Crippen LogP contribution >= 0.6 is 0 Å². The zero-order valence-corrected chi connectivity index (χ0v) is 9.70. The zero-order valence-electron chi connectivity index (χ0n) is 9.70. The molecule has 0 aliphatic heterocycles. The Morgan fingerprint density at radius 2 is 2.29 bits per heavy atom. The molecular formula is C12H13N3O2. The van der Waals surface area contributed by atoms with Gasteiger partial charge in [-0.15, -0.1) is 0 Å². The number of hydrogen-bond acceptors (Lipinski definition) is 4. The Balaban J connectivity index is 2.25. The van der Waals surface area contributed by atoms with Gasteiger partial charge < -0.3 is 4.74 Å². The second-order valence-corrected chi connectivity index (χ2v) is 3.62. The lowest BCUT2D eigenvalue weighted by Crippen LogP contribution is -2.17. The fraction of sp³-hybridized carbons (Fsp3) is 0.250. The maximum Gasteiger partial charge on any atom is 0.330 e. The molecule has 0 unspecified atom stereocenters. The molecule has 0 fully saturated rings. The Hall–Kier alpha value is -2.17. The van der Waals surface area contributed by atoms with E-state index in [4.69, 9.17) is 0 Å². The van der Waals surface area contributed by atoms with E-state index in [2.05, 4.69) is 14.8 Å². The first-order valence-electron chi connectivity index (χ1n) is 5.25. The average Bonchev–Trinajstić information content (AvgIpc) is 2.87. The van der Waals surface area contributed by atoms with Gasteiger partial charge in [0.25, 0.3) is 0 Å². The van der Waals surface area contributed by atoms with E-state index < -0.39 is 6.04 Å². The standard InChI is InChI=1S/C12H13N3O2/c1-9(12(16)17-2)15-8-10(7-14-15)11-5-3-4-6-13-11/h3-9H,1-2H3/t9-/m0/s1. The minimum atomic E-state index is -0.433. The molecule has 0 bridgehead atoms. The molecule has 5 heteroatoms. The van der Waals surface area contributed by atoms with Crippen LogP contribution in [0.2, 0.25) is 0 Å². The monoisotopic (exact) mass is 231 g/mol. The number of ether oxygens (including phenoxy) is 1. The largest absolute Gasteiger partial charge is 0.467 e. The van der Waals surface area contributed by atoms with Crippen molar-refractivity contribution in [2.45, 2.75) is 13.0 Å². The van der Waals surface area contributed by atoms with E-state index in [1.807, 2.05) is 18.2 Å². The van der Waals surface area contributed by atoms with Crippen LogP contribution in [0.25, 0.3) is 11.3 Å². The quantitative estimate of drug-likeness (QED) is 0.754. The van der Waals surface area contributed by atoms with Gasteiger partial charge in [0, 0.05) is 18.0 Å². The van der Waals surface area contributed by atoms with E-state index in [0.717, 1.165) is 11.3 Å². The van der Waals surface area contributed by atoms with Crippen LogP contribution in [-0.4, -0.2) is 27.8 Å². The minimum Gasteiger partial charge on any atom is -0.467 e. The zero-order chi connectivity index (χ0) is 12.3. The highest BCUT2D eigenvalue weighted by Crippen LogP contribution is 2.17. The van der Waals surface area contributed by atoms with Gasteiger partial charge in [0.05, 0.1) is 19.0 Å². The molecule has 2 aromatic rings. The van der Waals surface area contributed by atoms with Crippen LogP contribution in [0.4, 0.5) is 0 Å². The highest BCUT2D eigenvalue weighted by Gasteiger charge is 2.16. The van der Waals surface area contributed by atoms with Gasteiger partial charge in [-0.1, -0.05) is 6.07 Å². The van der Waals surface area contributed by atoms with Crippen molar-refractivity contribution >= 4 is 5.97 Å². The van der Waals surface area contributed by atoms with Crippen molar-refractivity contribution < 1.29 is 9.53 Å². The van der Waals surface area contributed by atoms with Crippen LogP contribution in [0.5, 0.6) is 0 Å². The molecular weight excluding hydrogens is 218 g/mol. The van der Waals surface area contributed by atoms with Gasteiger partial charge in [0.15, 0.2) is 0 Å². The summed E-state index contributed by atoms with van der Waals surface area (Å²) in [6, 6.07) is 5.22. The van der Waals surface area contributed by atoms with Gasteiger partial charge >= 0.3 is 5.97 Å². The lowest BCUT2D eigenvalue weighted by atomic mass is 10.2. The van der Waals surface area contributed by atoms with Crippen molar-refractivity contribution in [2.24, 2.45) is 0 Å². The average molecular weight is 231 g/mol. The molecule has 0 saturated heterocycles. The molecule has 88 valence electrons. The van der Waals surface area contributed by atoms with Gasteiger partial charge in [-0.3, -0.25) is 9.67 Å². The van der Waals surface area contributed by atoms with Crippen molar-refractivity contribution in [1.29, 1.82) is 0 Å². The van der Waals surface area contributed by atoms with Gasteiger partial charge in [-0.25, -0.2) is 4.79 Å². The van der Waals surface area contributed by atoms with Gasteiger partial charge in [0.1, 0.15) is 6.04 Å². The summed E-state index contributed by atoms with van der Waals surface area (Å²) >= 11 is 0. The summed E-state index contributed by atoms with van der Waals surface area (Å²) < 4.78 is 6.23. The van der Waals surface area contributed by atoms with Crippen LogP contribution < -0.4 is 0 Å². The first-order chi connectivity index (χ1) is 8.22. The smallest absolute Gasteiger partial charge is 0.330 e. The molecule has 0 spiro atoms. The molecule has 0 saturated carbocycles. The van der Waals surface area contributed by atoms with E-state index in [-0.39, 0.29) is 5.97 Å². The number of pyridine rings is 1. The predicted molar refractivity (Wildman–Crippen MR) is 62.2 cm³/mol. The number of nitrogens with zero attached hydrogens (tertiary/aromatic N) is 3. The van der Waals surface area contributed by atoms with Crippen LogP contribution in [0, 0.1) is 0 Å². The number of carbonyl (C=O) groups excluding carboxylic acids is 1. The molecule has 2 aromatic heterocycles. The minimum absolute atomic E-state index is 0.319. The Morgan fingerprint density at radius 1 is 1.47 bits per heavy atom.